The Morgan fingerprint density at radius 3 is 2.12 bits per heavy atom. The molecule has 0 saturated carbocycles. The van der Waals surface area contributed by atoms with Crippen molar-refractivity contribution in [3.8, 4) is 0 Å². The third kappa shape index (κ3) is 4.27. The zero-order chi connectivity index (χ0) is 24.8. The van der Waals surface area contributed by atoms with Crippen LogP contribution in [0.2, 0.25) is 18.1 Å². The first kappa shape index (κ1) is 25.1. The molecule has 0 unspecified atom stereocenters. The van der Waals surface area contributed by atoms with Gasteiger partial charge in [0, 0.05) is 0 Å². The Labute approximate surface area is 193 Å². The van der Waals surface area contributed by atoms with Crippen LogP contribution in [-0.2, 0) is 29.9 Å². The minimum Gasteiger partial charge on any atom is -0.348 e. The molecule has 3 aliphatic rings. The molecule has 4 rings (SSSR count). The van der Waals surface area contributed by atoms with E-state index in [2.05, 4.69) is 10.3 Å². The van der Waals surface area contributed by atoms with Crippen LogP contribution in [0.15, 0.2) is 0 Å². The second-order valence-electron chi connectivity index (χ2n) is 11.5. The first-order valence-electron chi connectivity index (χ1n) is 11.2. The summed E-state index contributed by atoms with van der Waals surface area (Å²) in [6, 6.07) is -0.957. The Kier molecular flexibility index (Phi) is 5.67. The minimum atomic E-state index is -4.67. The van der Waals surface area contributed by atoms with Gasteiger partial charge in [0.05, 0.1) is 11.9 Å². The molecule has 3 fully saturated rings. The molecule has 12 heteroatoms. The van der Waals surface area contributed by atoms with E-state index in [9.17, 15) is 13.2 Å². The molecular weight excluding hydrogens is 459 g/mol. The minimum absolute atomic E-state index is 0.0202. The highest BCUT2D eigenvalue weighted by molar-refractivity contribution is 6.91. The van der Waals surface area contributed by atoms with Crippen LogP contribution in [0.4, 0.5) is 13.2 Å². The van der Waals surface area contributed by atoms with Gasteiger partial charge in [-0.2, -0.15) is 13.2 Å². The van der Waals surface area contributed by atoms with Gasteiger partial charge in [0.25, 0.3) is 0 Å². The summed E-state index contributed by atoms with van der Waals surface area (Å²) >= 11 is 0. The van der Waals surface area contributed by atoms with Crippen molar-refractivity contribution in [2.75, 3.05) is 6.61 Å². The van der Waals surface area contributed by atoms with Gasteiger partial charge in [0.1, 0.15) is 32.4 Å². The van der Waals surface area contributed by atoms with Crippen molar-refractivity contribution in [3.63, 3.8) is 0 Å². The quantitative estimate of drug-likeness (QED) is 0.596. The fourth-order valence-corrected chi connectivity index (χ4v) is 6.38. The smallest absolute Gasteiger partial charge is 0.348 e. The number of halogens is 3. The SMILES string of the molecule is CC1(C)O[C@H]2O[C@H]([C@H]3COC(C)(C)O3)[C@@H](n3nnc([Si](C)(C)C(C)(C)C)c3C(F)(F)F)[C@H]2O1. The van der Waals surface area contributed by atoms with E-state index in [-0.39, 0.29) is 17.0 Å². The summed E-state index contributed by atoms with van der Waals surface area (Å²) in [5.41, 5.74) is -0.847. The van der Waals surface area contributed by atoms with Gasteiger partial charge < -0.3 is 23.7 Å². The van der Waals surface area contributed by atoms with E-state index in [0.29, 0.717) is 0 Å². The van der Waals surface area contributed by atoms with E-state index in [1.54, 1.807) is 27.7 Å². The molecule has 4 heterocycles. The molecule has 0 aliphatic carbocycles. The van der Waals surface area contributed by atoms with Gasteiger partial charge in [-0.15, -0.1) is 5.10 Å². The fraction of sp³-hybridized carbons (Fsp3) is 0.905. The van der Waals surface area contributed by atoms with Crippen molar-refractivity contribution in [2.24, 2.45) is 0 Å². The van der Waals surface area contributed by atoms with E-state index in [0.717, 1.165) is 4.68 Å². The number of hydrogen-bond acceptors (Lipinski definition) is 7. The molecule has 1 aromatic rings. The van der Waals surface area contributed by atoms with E-state index >= 15 is 0 Å². The van der Waals surface area contributed by atoms with Gasteiger partial charge in [-0.1, -0.05) is 39.1 Å². The first-order valence-corrected chi connectivity index (χ1v) is 14.2. The van der Waals surface area contributed by atoms with Gasteiger partial charge >= 0.3 is 6.18 Å². The van der Waals surface area contributed by atoms with Crippen molar-refractivity contribution in [1.82, 2.24) is 15.0 Å². The van der Waals surface area contributed by atoms with Crippen LogP contribution in [0.1, 0.15) is 60.2 Å². The first-order chi connectivity index (χ1) is 14.8. The molecule has 33 heavy (non-hydrogen) atoms. The lowest BCUT2D eigenvalue weighted by Gasteiger charge is -2.36. The second-order valence-corrected chi connectivity index (χ2v) is 16.8. The maximum Gasteiger partial charge on any atom is 0.434 e. The van der Waals surface area contributed by atoms with Gasteiger partial charge in [-0.3, -0.25) is 0 Å². The summed E-state index contributed by atoms with van der Waals surface area (Å²) in [6.07, 6.45) is -7.78. The van der Waals surface area contributed by atoms with Crippen molar-refractivity contribution in [3.05, 3.63) is 5.69 Å². The van der Waals surface area contributed by atoms with Crippen LogP contribution < -0.4 is 5.32 Å². The van der Waals surface area contributed by atoms with Crippen LogP contribution in [0.25, 0.3) is 0 Å². The highest BCUT2D eigenvalue weighted by atomic mass is 28.3. The molecule has 0 spiro atoms. The van der Waals surface area contributed by atoms with Crippen LogP contribution >= 0.6 is 0 Å². The standard InChI is InChI=1S/C21H34F3N3O5Si/c1-18(2,3)33(8,9)16-15(21(22,23)24)27(26-25-16)12-13(11-10-28-19(4,5)30-11)29-17-14(12)31-20(6,7)32-17/h11-14,17H,10H2,1-9H3/t11-,12-,13-,14-,17-/m1/s1. The molecule has 8 nitrogen and oxygen atoms in total. The Hall–Kier alpha value is -1.05. The number of ether oxygens (including phenoxy) is 5. The van der Waals surface area contributed by atoms with Crippen molar-refractivity contribution < 1.29 is 36.9 Å². The predicted octanol–water partition coefficient (Wildman–Crippen LogP) is 3.58. The predicted molar refractivity (Wildman–Crippen MR) is 114 cm³/mol. The highest BCUT2D eigenvalue weighted by Gasteiger charge is 2.61. The molecule has 3 aliphatic heterocycles. The Morgan fingerprint density at radius 1 is 0.970 bits per heavy atom. The van der Waals surface area contributed by atoms with Gasteiger partial charge in [-0.25, -0.2) is 4.68 Å². The Morgan fingerprint density at radius 2 is 1.61 bits per heavy atom. The summed E-state index contributed by atoms with van der Waals surface area (Å²) in [7, 11) is -2.69. The van der Waals surface area contributed by atoms with E-state index < -0.39 is 62.2 Å². The van der Waals surface area contributed by atoms with E-state index in [1.165, 1.54) is 0 Å². The largest absolute Gasteiger partial charge is 0.434 e. The molecule has 1 aromatic heterocycles. The summed E-state index contributed by atoms with van der Waals surface area (Å²) in [5.74, 6) is -1.88. The molecule has 5 atom stereocenters. The average Bonchev–Trinajstić information content (AvgIpc) is 3.33. The van der Waals surface area contributed by atoms with E-state index in [4.69, 9.17) is 23.7 Å². The van der Waals surface area contributed by atoms with Gasteiger partial charge in [-0.05, 0) is 32.7 Å². The number of aromatic nitrogens is 3. The number of rotatable bonds is 3. The van der Waals surface area contributed by atoms with Crippen molar-refractivity contribution >= 4 is 13.4 Å². The number of hydrogen-bond donors (Lipinski definition) is 0. The van der Waals surface area contributed by atoms with Crippen molar-refractivity contribution in [1.29, 1.82) is 0 Å². The lowest BCUT2D eigenvalue weighted by molar-refractivity contribution is -0.227. The van der Waals surface area contributed by atoms with Crippen LogP contribution in [0, 0.1) is 0 Å². The third-order valence-corrected chi connectivity index (χ3v) is 12.4. The Balaban J connectivity index is 1.83. The number of nitrogens with zero attached hydrogens (tertiary/aromatic N) is 3. The number of alkyl halides is 3. The summed E-state index contributed by atoms with van der Waals surface area (Å²) in [5, 5.41) is 7.86. The molecular formula is C21H34F3N3O5Si. The molecule has 0 aromatic carbocycles. The van der Waals surface area contributed by atoms with Crippen LogP contribution in [0.3, 0.4) is 0 Å². The molecule has 0 radical (unpaired) electrons. The molecule has 3 saturated heterocycles. The molecule has 0 bridgehead atoms. The topological polar surface area (TPSA) is 76.9 Å². The van der Waals surface area contributed by atoms with Crippen molar-refractivity contribution in [2.45, 2.75) is 115 Å². The zero-order valence-corrected chi connectivity index (χ0v) is 21.6. The van der Waals surface area contributed by atoms with Gasteiger partial charge in [0.2, 0.25) is 0 Å². The lowest BCUT2D eigenvalue weighted by atomic mass is 10.0. The second kappa shape index (κ2) is 7.47. The monoisotopic (exact) mass is 493 g/mol. The summed E-state index contributed by atoms with van der Waals surface area (Å²) < 4.78 is 74.3. The summed E-state index contributed by atoms with van der Waals surface area (Å²) in [6.45, 7) is 16.7. The highest BCUT2D eigenvalue weighted by Crippen LogP contribution is 2.47. The van der Waals surface area contributed by atoms with Gasteiger partial charge in [0.15, 0.2) is 23.6 Å². The summed E-state index contributed by atoms with van der Waals surface area (Å²) in [4.78, 5) is 0. The Bertz CT molecular complexity index is 912. The zero-order valence-electron chi connectivity index (χ0n) is 20.6. The van der Waals surface area contributed by atoms with Crippen LogP contribution in [0.5, 0.6) is 0 Å². The molecule has 0 N–H and O–H groups in total. The number of fused-ring (bicyclic) bond motifs is 1. The lowest BCUT2D eigenvalue weighted by Crippen LogP contribution is -2.53. The van der Waals surface area contributed by atoms with Crippen LogP contribution in [-0.4, -0.2) is 65.9 Å². The molecule has 188 valence electrons. The fourth-order valence-electron chi connectivity index (χ4n) is 4.52. The maximum atomic E-state index is 14.6. The molecule has 0 amide bonds. The third-order valence-electron chi connectivity index (χ3n) is 7.16. The average molecular weight is 494 g/mol. The normalized spacial score (nSPS) is 34.1. The van der Waals surface area contributed by atoms with E-state index in [1.807, 2.05) is 33.9 Å². The maximum absolute atomic E-state index is 14.6.